The molecule has 3 aromatic rings. The Balaban J connectivity index is 2.05. The van der Waals surface area contributed by atoms with E-state index >= 15 is 0 Å². The van der Waals surface area contributed by atoms with Crippen LogP contribution in [0.25, 0.3) is 11.0 Å². The number of methoxy groups -OCH3 is 1. The van der Waals surface area contributed by atoms with Crippen molar-refractivity contribution in [3.8, 4) is 11.5 Å². The van der Waals surface area contributed by atoms with E-state index in [4.69, 9.17) is 13.9 Å². The van der Waals surface area contributed by atoms with Crippen molar-refractivity contribution in [2.45, 2.75) is 6.92 Å². The van der Waals surface area contributed by atoms with Crippen LogP contribution in [0.5, 0.6) is 11.5 Å². The summed E-state index contributed by atoms with van der Waals surface area (Å²) in [4.78, 5) is 16.1. The Kier molecular flexibility index (Phi) is 4.24. The number of esters is 1. The van der Waals surface area contributed by atoms with E-state index in [-0.39, 0.29) is 18.1 Å². The van der Waals surface area contributed by atoms with Crippen LogP contribution < -0.4 is 10.1 Å². The number of nitrogens with zero attached hydrogens (tertiary/aromatic N) is 1. The Morgan fingerprint density at radius 2 is 2.21 bits per heavy atom. The van der Waals surface area contributed by atoms with Crippen molar-refractivity contribution in [1.29, 1.82) is 0 Å². The normalized spacial score (nSPS) is 10.6. The third-order valence-electron chi connectivity index (χ3n) is 3.40. The van der Waals surface area contributed by atoms with E-state index in [9.17, 15) is 9.90 Å². The lowest BCUT2D eigenvalue weighted by Crippen LogP contribution is -2.06. The number of phenolic OH excluding ortho intramolecular Hbond substituents is 1. The molecule has 0 unspecified atom stereocenters. The molecule has 1 aromatic carbocycles. The summed E-state index contributed by atoms with van der Waals surface area (Å²) in [6.07, 6.45) is 3.12. The molecule has 2 aromatic heterocycles. The first-order valence-electron chi connectivity index (χ1n) is 7.31. The second kappa shape index (κ2) is 6.49. The molecule has 0 aliphatic rings. The van der Waals surface area contributed by atoms with Crippen LogP contribution >= 0.6 is 0 Å². The Morgan fingerprint density at radius 1 is 1.38 bits per heavy atom. The van der Waals surface area contributed by atoms with Gasteiger partial charge in [0.05, 0.1) is 19.9 Å². The van der Waals surface area contributed by atoms with E-state index in [2.05, 4.69) is 10.3 Å². The SMILES string of the molecule is CCOC(=O)c1oc2cnccc2c1Nc1ccc(OC)c(O)c1. The fourth-order valence-electron chi connectivity index (χ4n) is 2.33. The Hall–Kier alpha value is -3.22. The topological polar surface area (TPSA) is 93.8 Å². The van der Waals surface area contributed by atoms with E-state index in [1.165, 1.54) is 19.4 Å². The summed E-state index contributed by atoms with van der Waals surface area (Å²) in [6.45, 7) is 1.95. The van der Waals surface area contributed by atoms with Gasteiger partial charge in [-0.15, -0.1) is 0 Å². The van der Waals surface area contributed by atoms with Crippen LogP contribution in [0.15, 0.2) is 41.1 Å². The van der Waals surface area contributed by atoms with Gasteiger partial charge in [-0.3, -0.25) is 4.98 Å². The number of carbonyl (C=O) groups is 1. The lowest BCUT2D eigenvalue weighted by Gasteiger charge is -2.09. The van der Waals surface area contributed by atoms with Gasteiger partial charge in [-0.05, 0) is 25.1 Å². The van der Waals surface area contributed by atoms with Crippen molar-refractivity contribution >= 4 is 28.3 Å². The molecule has 0 fully saturated rings. The summed E-state index contributed by atoms with van der Waals surface area (Å²) in [6, 6.07) is 6.56. The van der Waals surface area contributed by atoms with Crippen LogP contribution in [-0.2, 0) is 4.74 Å². The molecule has 0 radical (unpaired) electrons. The number of hydrogen-bond acceptors (Lipinski definition) is 7. The van der Waals surface area contributed by atoms with Crippen LogP contribution in [0.3, 0.4) is 0 Å². The number of carbonyl (C=O) groups excluding carboxylic acids is 1. The summed E-state index contributed by atoms with van der Waals surface area (Å²) < 4.78 is 15.6. The van der Waals surface area contributed by atoms with Crippen LogP contribution in [0.4, 0.5) is 11.4 Å². The first-order chi connectivity index (χ1) is 11.6. The van der Waals surface area contributed by atoms with Crippen molar-refractivity contribution in [2.24, 2.45) is 0 Å². The quantitative estimate of drug-likeness (QED) is 0.693. The van der Waals surface area contributed by atoms with Crippen molar-refractivity contribution in [3.63, 3.8) is 0 Å². The van der Waals surface area contributed by atoms with Crippen molar-refractivity contribution in [3.05, 3.63) is 42.4 Å². The first-order valence-corrected chi connectivity index (χ1v) is 7.31. The van der Waals surface area contributed by atoms with Crippen LogP contribution in [0.1, 0.15) is 17.5 Å². The van der Waals surface area contributed by atoms with E-state index in [1.54, 1.807) is 31.3 Å². The summed E-state index contributed by atoms with van der Waals surface area (Å²) in [7, 11) is 1.47. The zero-order chi connectivity index (χ0) is 17.1. The van der Waals surface area contributed by atoms with Gasteiger partial charge in [0.2, 0.25) is 5.76 Å². The minimum Gasteiger partial charge on any atom is -0.504 e. The molecule has 0 aliphatic heterocycles. The molecule has 0 saturated heterocycles. The predicted octanol–water partition coefficient (Wildman–Crippen LogP) is 3.46. The molecule has 7 nitrogen and oxygen atoms in total. The fraction of sp³-hybridized carbons (Fsp3) is 0.176. The van der Waals surface area contributed by atoms with Crippen LogP contribution in [0, 0.1) is 0 Å². The predicted molar refractivity (Wildman–Crippen MR) is 87.9 cm³/mol. The lowest BCUT2D eigenvalue weighted by molar-refractivity contribution is 0.0494. The highest BCUT2D eigenvalue weighted by atomic mass is 16.5. The third kappa shape index (κ3) is 2.83. The zero-order valence-electron chi connectivity index (χ0n) is 13.2. The second-order valence-electron chi connectivity index (χ2n) is 4.91. The van der Waals surface area contributed by atoms with Gasteiger partial charge in [0, 0.05) is 23.3 Å². The van der Waals surface area contributed by atoms with Crippen molar-refractivity contribution < 1.29 is 23.8 Å². The Morgan fingerprint density at radius 3 is 2.92 bits per heavy atom. The molecule has 3 rings (SSSR count). The second-order valence-corrected chi connectivity index (χ2v) is 4.91. The molecular formula is C17H16N2O5. The molecule has 0 atom stereocenters. The smallest absolute Gasteiger partial charge is 0.376 e. The van der Waals surface area contributed by atoms with Crippen molar-refractivity contribution in [1.82, 2.24) is 4.98 Å². The number of benzene rings is 1. The van der Waals surface area contributed by atoms with Gasteiger partial charge in [-0.2, -0.15) is 0 Å². The molecule has 124 valence electrons. The van der Waals surface area contributed by atoms with E-state index in [0.29, 0.717) is 28.1 Å². The molecule has 24 heavy (non-hydrogen) atoms. The summed E-state index contributed by atoms with van der Waals surface area (Å²) >= 11 is 0. The number of ether oxygens (including phenoxy) is 2. The highest BCUT2D eigenvalue weighted by Gasteiger charge is 2.22. The number of fused-ring (bicyclic) bond motifs is 1. The number of pyridine rings is 1. The number of nitrogens with one attached hydrogen (secondary N) is 1. The standard InChI is InChI=1S/C17H16N2O5/c1-3-23-17(21)16-15(11-6-7-18-9-14(11)24-16)19-10-4-5-13(22-2)12(20)8-10/h4-9,19-20H,3H2,1-2H3. The Bertz CT molecular complexity index is 888. The maximum Gasteiger partial charge on any atom is 0.376 e. The molecule has 0 bridgehead atoms. The molecule has 7 heteroatoms. The van der Waals surface area contributed by atoms with Crippen LogP contribution in [-0.4, -0.2) is 29.8 Å². The number of aromatic nitrogens is 1. The monoisotopic (exact) mass is 328 g/mol. The summed E-state index contributed by atoms with van der Waals surface area (Å²) in [5.74, 6) is -0.189. The number of rotatable bonds is 5. The molecule has 0 amide bonds. The zero-order valence-corrected chi connectivity index (χ0v) is 13.2. The number of furan rings is 1. The summed E-state index contributed by atoms with van der Waals surface area (Å²) in [5, 5.41) is 13.7. The average Bonchev–Trinajstić information content (AvgIpc) is 2.94. The highest BCUT2D eigenvalue weighted by molar-refractivity contribution is 6.05. The Labute approximate surface area is 137 Å². The molecule has 0 saturated carbocycles. The molecule has 2 N–H and O–H groups in total. The molecular weight excluding hydrogens is 312 g/mol. The van der Waals surface area contributed by atoms with Gasteiger partial charge in [-0.25, -0.2) is 4.79 Å². The maximum absolute atomic E-state index is 12.1. The average molecular weight is 328 g/mol. The van der Waals surface area contributed by atoms with Crippen LogP contribution in [0.2, 0.25) is 0 Å². The van der Waals surface area contributed by atoms with E-state index in [0.717, 1.165) is 0 Å². The molecule has 0 aliphatic carbocycles. The fourth-order valence-corrected chi connectivity index (χ4v) is 2.33. The summed E-state index contributed by atoms with van der Waals surface area (Å²) in [5.41, 5.74) is 1.48. The van der Waals surface area contributed by atoms with Gasteiger partial charge in [-0.1, -0.05) is 0 Å². The number of aromatic hydroxyl groups is 1. The van der Waals surface area contributed by atoms with E-state index in [1.807, 2.05) is 0 Å². The van der Waals surface area contributed by atoms with Crippen molar-refractivity contribution in [2.75, 3.05) is 19.0 Å². The van der Waals surface area contributed by atoms with Gasteiger partial charge >= 0.3 is 5.97 Å². The van der Waals surface area contributed by atoms with Gasteiger partial charge in [0.25, 0.3) is 0 Å². The molecule has 2 heterocycles. The van der Waals surface area contributed by atoms with Gasteiger partial charge in [0.1, 0.15) is 5.69 Å². The minimum atomic E-state index is -0.575. The van der Waals surface area contributed by atoms with E-state index < -0.39 is 5.97 Å². The first kappa shape index (κ1) is 15.7. The lowest BCUT2D eigenvalue weighted by atomic mass is 10.2. The number of phenols is 1. The number of anilines is 2. The third-order valence-corrected chi connectivity index (χ3v) is 3.40. The molecule has 0 spiro atoms. The van der Waals surface area contributed by atoms with Gasteiger partial charge < -0.3 is 24.3 Å². The highest BCUT2D eigenvalue weighted by Crippen LogP contribution is 2.35. The maximum atomic E-state index is 12.1. The van der Waals surface area contributed by atoms with Gasteiger partial charge in [0.15, 0.2) is 17.1 Å². The largest absolute Gasteiger partial charge is 0.504 e. The number of hydrogen-bond donors (Lipinski definition) is 2. The minimum absolute atomic E-state index is 0.0188.